The van der Waals surface area contributed by atoms with Crippen LogP contribution in [0, 0.1) is 0 Å². The molecule has 0 bridgehead atoms. The second-order valence-corrected chi connectivity index (χ2v) is 2.33. The molecule has 15 heavy (non-hydrogen) atoms. The summed E-state index contributed by atoms with van der Waals surface area (Å²) in [5, 5.41) is 8.91. The van der Waals surface area contributed by atoms with Gasteiger partial charge in [-0.25, -0.2) is 0 Å². The highest BCUT2D eigenvalue weighted by molar-refractivity contribution is 5.45. The van der Waals surface area contributed by atoms with Crippen molar-refractivity contribution in [1.29, 1.82) is 0 Å². The molecule has 0 aliphatic carbocycles. The Hall–Kier alpha value is -1.02. The third kappa shape index (κ3) is 6.97. The Morgan fingerprint density at radius 1 is 1.00 bits per heavy atom. The van der Waals surface area contributed by atoms with E-state index in [0.717, 1.165) is 12.2 Å². The zero-order valence-corrected chi connectivity index (χ0v) is 10.7. The molecule has 0 aromatic heterocycles. The second kappa shape index (κ2) is 13.0. The summed E-state index contributed by atoms with van der Waals surface area (Å²) in [5.41, 5.74) is 1.07. The van der Waals surface area contributed by atoms with Crippen LogP contribution < -0.4 is 4.90 Å². The fraction of sp³-hybridized carbons (Fsp3) is 0.538. The van der Waals surface area contributed by atoms with Gasteiger partial charge in [-0.3, -0.25) is 0 Å². The monoisotopic (exact) mass is 211 g/mol. The van der Waals surface area contributed by atoms with Gasteiger partial charge in [-0.05, 0) is 19.1 Å². The summed E-state index contributed by atoms with van der Waals surface area (Å²) < 4.78 is 0. The van der Waals surface area contributed by atoms with Gasteiger partial charge in [-0.15, -0.1) is 0 Å². The van der Waals surface area contributed by atoms with Crippen molar-refractivity contribution in [1.82, 2.24) is 0 Å². The third-order valence-corrected chi connectivity index (χ3v) is 1.67. The van der Waals surface area contributed by atoms with E-state index in [2.05, 4.69) is 0 Å². The molecular formula is C13H25NO. The summed E-state index contributed by atoms with van der Waals surface area (Å²) in [6, 6.07) is 9.87. The fourth-order valence-electron chi connectivity index (χ4n) is 1.00. The van der Waals surface area contributed by atoms with E-state index in [4.69, 9.17) is 5.11 Å². The highest BCUT2D eigenvalue weighted by Crippen LogP contribution is 2.10. The van der Waals surface area contributed by atoms with Crippen molar-refractivity contribution in [3.8, 4) is 0 Å². The van der Waals surface area contributed by atoms with Crippen LogP contribution in [0.25, 0.3) is 0 Å². The summed E-state index contributed by atoms with van der Waals surface area (Å²) in [4.78, 5) is 1.89. The van der Waals surface area contributed by atoms with Gasteiger partial charge in [0.15, 0.2) is 0 Å². The van der Waals surface area contributed by atoms with Crippen molar-refractivity contribution in [2.24, 2.45) is 0 Å². The average molecular weight is 211 g/mol. The minimum atomic E-state index is 0.0838. The van der Waals surface area contributed by atoms with Crippen LogP contribution in [0.4, 0.5) is 5.69 Å². The van der Waals surface area contributed by atoms with Crippen molar-refractivity contribution in [3.63, 3.8) is 0 Å². The van der Waals surface area contributed by atoms with Gasteiger partial charge >= 0.3 is 0 Å². The molecule has 0 radical (unpaired) electrons. The molecule has 0 fully saturated rings. The largest absolute Gasteiger partial charge is 0.376 e. The predicted molar refractivity (Wildman–Crippen MR) is 69.2 cm³/mol. The van der Waals surface area contributed by atoms with Crippen LogP contribution in [0.2, 0.25) is 0 Å². The first kappa shape index (κ1) is 16.4. The van der Waals surface area contributed by atoms with E-state index in [-0.39, 0.29) is 6.73 Å². The van der Waals surface area contributed by atoms with Gasteiger partial charge in [0, 0.05) is 12.2 Å². The molecule has 2 heteroatoms. The molecule has 1 aromatic rings. The van der Waals surface area contributed by atoms with E-state index in [0.29, 0.717) is 0 Å². The van der Waals surface area contributed by atoms with Crippen LogP contribution in [0.5, 0.6) is 0 Å². The molecule has 0 saturated heterocycles. The minimum absolute atomic E-state index is 0.0838. The summed E-state index contributed by atoms with van der Waals surface area (Å²) in [6.07, 6.45) is 0. The van der Waals surface area contributed by atoms with E-state index >= 15 is 0 Å². The molecule has 2 nitrogen and oxygen atoms in total. The molecule has 1 N–H and O–H groups in total. The Bertz CT molecular complexity index is 195. The molecule has 0 aliphatic rings. The molecule has 0 unspecified atom stereocenters. The number of benzene rings is 1. The van der Waals surface area contributed by atoms with Gasteiger partial charge in [0.25, 0.3) is 0 Å². The molecule has 0 amide bonds. The normalized spacial score (nSPS) is 7.87. The van der Waals surface area contributed by atoms with Crippen molar-refractivity contribution in [3.05, 3.63) is 30.3 Å². The first-order valence-corrected chi connectivity index (χ1v) is 5.79. The van der Waals surface area contributed by atoms with E-state index in [1.165, 1.54) is 0 Å². The Kier molecular flexibility index (Phi) is 14.2. The standard InChI is InChI=1S/C9H13NO.2C2H6/c1-2-10(8-11)9-6-4-3-5-7-9;2*1-2/h3-7,11H,2,8H2,1H3;2*1-2H3. The van der Waals surface area contributed by atoms with E-state index in [1.54, 1.807) is 0 Å². The molecular weight excluding hydrogens is 186 g/mol. The lowest BCUT2D eigenvalue weighted by Crippen LogP contribution is -2.23. The first-order valence-electron chi connectivity index (χ1n) is 5.79. The van der Waals surface area contributed by atoms with Crippen molar-refractivity contribution < 1.29 is 5.11 Å². The Labute approximate surface area is 94.6 Å². The molecule has 0 saturated carbocycles. The number of anilines is 1. The topological polar surface area (TPSA) is 23.5 Å². The number of aliphatic hydroxyl groups excluding tert-OH is 1. The number of hydrogen-bond acceptors (Lipinski definition) is 2. The second-order valence-electron chi connectivity index (χ2n) is 2.33. The maximum absolute atomic E-state index is 8.91. The number of nitrogens with zero attached hydrogens (tertiary/aromatic N) is 1. The average Bonchev–Trinajstić information content (AvgIpc) is 2.37. The zero-order chi connectivity index (χ0) is 12.1. The lowest BCUT2D eigenvalue weighted by Gasteiger charge is -2.19. The van der Waals surface area contributed by atoms with Gasteiger partial charge in [0.05, 0.1) is 0 Å². The van der Waals surface area contributed by atoms with Gasteiger partial charge in [0.2, 0.25) is 0 Å². The molecule has 88 valence electrons. The van der Waals surface area contributed by atoms with Gasteiger partial charge < -0.3 is 10.0 Å². The summed E-state index contributed by atoms with van der Waals surface area (Å²) >= 11 is 0. The van der Waals surface area contributed by atoms with Crippen molar-refractivity contribution in [2.45, 2.75) is 34.6 Å². The highest BCUT2D eigenvalue weighted by Gasteiger charge is 1.98. The van der Waals surface area contributed by atoms with E-state index in [9.17, 15) is 0 Å². The third-order valence-electron chi connectivity index (χ3n) is 1.67. The summed E-state index contributed by atoms with van der Waals surface area (Å²) in [5.74, 6) is 0. The van der Waals surface area contributed by atoms with Crippen LogP contribution in [-0.2, 0) is 0 Å². The number of hydrogen-bond donors (Lipinski definition) is 1. The number of aliphatic hydroxyl groups is 1. The molecule has 0 spiro atoms. The van der Waals surface area contributed by atoms with Gasteiger partial charge in [-0.1, -0.05) is 45.9 Å². The fourth-order valence-corrected chi connectivity index (χ4v) is 1.00. The number of para-hydroxylation sites is 1. The Morgan fingerprint density at radius 2 is 1.47 bits per heavy atom. The zero-order valence-electron chi connectivity index (χ0n) is 10.7. The summed E-state index contributed by atoms with van der Waals surface area (Å²) in [6.45, 7) is 10.9. The molecule has 0 atom stereocenters. The van der Waals surface area contributed by atoms with Gasteiger partial charge in [-0.2, -0.15) is 0 Å². The molecule has 0 aliphatic heterocycles. The maximum Gasteiger partial charge on any atom is 0.115 e. The van der Waals surface area contributed by atoms with Crippen molar-refractivity contribution in [2.75, 3.05) is 18.2 Å². The van der Waals surface area contributed by atoms with Gasteiger partial charge in [0.1, 0.15) is 6.73 Å². The quantitative estimate of drug-likeness (QED) is 0.773. The Morgan fingerprint density at radius 3 is 1.80 bits per heavy atom. The van der Waals surface area contributed by atoms with Crippen LogP contribution in [-0.4, -0.2) is 18.4 Å². The molecule has 1 aromatic carbocycles. The minimum Gasteiger partial charge on any atom is -0.376 e. The van der Waals surface area contributed by atoms with Crippen LogP contribution in [0.15, 0.2) is 30.3 Å². The highest BCUT2D eigenvalue weighted by atomic mass is 16.3. The molecule has 0 heterocycles. The maximum atomic E-state index is 8.91. The summed E-state index contributed by atoms with van der Waals surface area (Å²) in [7, 11) is 0. The van der Waals surface area contributed by atoms with Crippen LogP contribution >= 0.6 is 0 Å². The predicted octanol–water partition coefficient (Wildman–Crippen LogP) is 3.52. The Balaban J connectivity index is 0. The van der Waals surface area contributed by atoms with Crippen molar-refractivity contribution >= 4 is 5.69 Å². The van der Waals surface area contributed by atoms with Crippen LogP contribution in [0.3, 0.4) is 0 Å². The SMILES string of the molecule is CC.CC.CCN(CO)c1ccccc1. The van der Waals surface area contributed by atoms with Crippen LogP contribution in [0.1, 0.15) is 34.6 Å². The lowest BCUT2D eigenvalue weighted by molar-refractivity contribution is 0.293. The lowest BCUT2D eigenvalue weighted by atomic mass is 10.3. The van der Waals surface area contributed by atoms with E-state index < -0.39 is 0 Å². The van der Waals surface area contributed by atoms with E-state index in [1.807, 2.05) is 69.9 Å². The first-order chi connectivity index (χ1) is 7.38. The number of rotatable bonds is 3. The smallest absolute Gasteiger partial charge is 0.115 e. The molecule has 1 rings (SSSR count).